The monoisotopic (exact) mass is 317 g/mol. The van der Waals surface area contributed by atoms with E-state index in [-0.39, 0.29) is 11.6 Å². The molecule has 5 nitrogen and oxygen atoms in total. The van der Waals surface area contributed by atoms with E-state index in [0.29, 0.717) is 0 Å². The average molecular weight is 317 g/mol. The van der Waals surface area contributed by atoms with Gasteiger partial charge in [0.2, 0.25) is 0 Å². The zero-order valence-electron chi connectivity index (χ0n) is 14.9. The summed E-state index contributed by atoms with van der Waals surface area (Å²) in [5, 5.41) is 7.95. The molecule has 0 saturated heterocycles. The molecule has 1 aromatic carbocycles. The smallest absolute Gasteiger partial charge is 0.123 e. The summed E-state index contributed by atoms with van der Waals surface area (Å²) >= 11 is 0. The Morgan fingerprint density at radius 2 is 1.96 bits per heavy atom. The first-order chi connectivity index (χ1) is 10.8. The van der Waals surface area contributed by atoms with Crippen LogP contribution < -0.4 is 14.8 Å². The molecule has 1 heterocycles. The van der Waals surface area contributed by atoms with Crippen LogP contribution in [0.4, 0.5) is 0 Å². The molecule has 0 bridgehead atoms. The Morgan fingerprint density at radius 3 is 2.52 bits per heavy atom. The molecule has 2 rings (SSSR count). The van der Waals surface area contributed by atoms with Crippen LogP contribution in [0.5, 0.6) is 11.5 Å². The fourth-order valence-electron chi connectivity index (χ4n) is 2.38. The number of nitrogens with one attached hydrogen (secondary N) is 1. The average Bonchev–Trinajstić information content (AvgIpc) is 3.01. The highest BCUT2D eigenvalue weighted by atomic mass is 16.5. The first-order valence-corrected chi connectivity index (χ1v) is 7.84. The third-order valence-electron chi connectivity index (χ3n) is 3.84. The number of nitrogens with zero attached hydrogens (tertiary/aromatic N) is 2. The Hall–Kier alpha value is -2.01. The van der Waals surface area contributed by atoms with Gasteiger partial charge in [-0.2, -0.15) is 5.10 Å². The van der Waals surface area contributed by atoms with Gasteiger partial charge in [-0.05, 0) is 45.9 Å². The van der Waals surface area contributed by atoms with Gasteiger partial charge in [-0.1, -0.05) is 0 Å². The Balaban J connectivity index is 2.07. The number of aromatic nitrogens is 2. The van der Waals surface area contributed by atoms with E-state index < -0.39 is 0 Å². The van der Waals surface area contributed by atoms with Crippen LogP contribution >= 0.6 is 0 Å². The molecule has 2 aromatic rings. The van der Waals surface area contributed by atoms with Gasteiger partial charge in [-0.25, -0.2) is 0 Å². The molecule has 1 atom stereocenters. The minimum absolute atomic E-state index is 0.000117. The van der Waals surface area contributed by atoms with Gasteiger partial charge in [-0.3, -0.25) is 4.68 Å². The van der Waals surface area contributed by atoms with Crippen molar-refractivity contribution in [3.63, 3.8) is 0 Å². The number of hydrogen-bond donors (Lipinski definition) is 1. The Bertz CT molecular complexity index is 644. The number of rotatable bonds is 6. The normalized spacial score (nSPS) is 13.0. The second-order valence-electron chi connectivity index (χ2n) is 6.67. The molecular formula is C18H27N3O2. The quantitative estimate of drug-likeness (QED) is 0.886. The Kier molecular flexibility index (Phi) is 5.31. The van der Waals surface area contributed by atoms with E-state index in [2.05, 4.69) is 44.3 Å². The van der Waals surface area contributed by atoms with Crippen LogP contribution in [-0.4, -0.2) is 24.0 Å². The van der Waals surface area contributed by atoms with Crippen molar-refractivity contribution in [1.82, 2.24) is 15.1 Å². The first-order valence-electron chi connectivity index (χ1n) is 7.84. The summed E-state index contributed by atoms with van der Waals surface area (Å²) in [6.45, 7) is 9.28. The van der Waals surface area contributed by atoms with Crippen molar-refractivity contribution < 1.29 is 9.47 Å². The largest absolute Gasteiger partial charge is 0.497 e. The van der Waals surface area contributed by atoms with Gasteiger partial charge in [0.25, 0.3) is 0 Å². The van der Waals surface area contributed by atoms with E-state index in [1.807, 2.05) is 29.1 Å². The number of benzene rings is 1. The molecule has 0 aliphatic rings. The van der Waals surface area contributed by atoms with Gasteiger partial charge in [0.1, 0.15) is 11.5 Å². The maximum Gasteiger partial charge on any atom is 0.123 e. The summed E-state index contributed by atoms with van der Waals surface area (Å²) < 4.78 is 12.8. The lowest BCUT2D eigenvalue weighted by atomic mass is 10.1. The highest BCUT2D eigenvalue weighted by Crippen LogP contribution is 2.29. The third-order valence-corrected chi connectivity index (χ3v) is 3.84. The van der Waals surface area contributed by atoms with Crippen molar-refractivity contribution in [2.45, 2.75) is 45.8 Å². The zero-order chi connectivity index (χ0) is 17.0. The fraction of sp³-hybridized carbons (Fsp3) is 0.500. The molecule has 23 heavy (non-hydrogen) atoms. The lowest BCUT2D eigenvalue weighted by molar-refractivity contribution is 0.355. The van der Waals surface area contributed by atoms with Crippen LogP contribution in [0, 0.1) is 0 Å². The second kappa shape index (κ2) is 7.04. The lowest BCUT2D eigenvalue weighted by Gasteiger charge is -2.19. The number of methoxy groups -OCH3 is 2. The third kappa shape index (κ3) is 4.26. The molecule has 1 N–H and O–H groups in total. The molecule has 126 valence electrons. The molecule has 0 fully saturated rings. The second-order valence-corrected chi connectivity index (χ2v) is 6.67. The van der Waals surface area contributed by atoms with E-state index in [4.69, 9.17) is 9.47 Å². The predicted octanol–water partition coefficient (Wildman–Crippen LogP) is 3.51. The van der Waals surface area contributed by atoms with Crippen LogP contribution in [0.15, 0.2) is 30.6 Å². The van der Waals surface area contributed by atoms with Crippen LogP contribution in [-0.2, 0) is 12.1 Å². The van der Waals surface area contributed by atoms with Gasteiger partial charge >= 0.3 is 0 Å². The zero-order valence-corrected chi connectivity index (χ0v) is 14.9. The van der Waals surface area contributed by atoms with E-state index >= 15 is 0 Å². The van der Waals surface area contributed by atoms with Crippen LogP contribution in [0.3, 0.4) is 0 Å². The van der Waals surface area contributed by atoms with Gasteiger partial charge in [0.15, 0.2) is 0 Å². The lowest BCUT2D eigenvalue weighted by Crippen LogP contribution is -2.22. The predicted molar refractivity (Wildman–Crippen MR) is 92.0 cm³/mol. The van der Waals surface area contributed by atoms with Crippen molar-refractivity contribution >= 4 is 0 Å². The van der Waals surface area contributed by atoms with Crippen molar-refractivity contribution in [2.75, 3.05) is 14.2 Å². The summed E-state index contributed by atoms with van der Waals surface area (Å²) in [5.74, 6) is 1.69. The molecule has 0 aliphatic carbocycles. The molecule has 0 aliphatic heterocycles. The molecule has 0 spiro atoms. The Morgan fingerprint density at radius 1 is 1.22 bits per heavy atom. The number of hydrogen-bond acceptors (Lipinski definition) is 4. The van der Waals surface area contributed by atoms with Gasteiger partial charge < -0.3 is 14.8 Å². The number of ether oxygens (including phenoxy) is 2. The topological polar surface area (TPSA) is 48.3 Å². The van der Waals surface area contributed by atoms with Crippen LogP contribution in [0.25, 0.3) is 0 Å². The molecular weight excluding hydrogens is 290 g/mol. The van der Waals surface area contributed by atoms with Crippen molar-refractivity contribution in [3.05, 3.63) is 41.7 Å². The molecule has 0 radical (unpaired) electrons. The van der Waals surface area contributed by atoms with E-state index in [9.17, 15) is 0 Å². The molecule has 0 amide bonds. The van der Waals surface area contributed by atoms with E-state index in [1.54, 1.807) is 14.2 Å². The minimum atomic E-state index is -0.000117. The highest BCUT2D eigenvalue weighted by molar-refractivity contribution is 5.42. The molecule has 5 heteroatoms. The van der Waals surface area contributed by atoms with Gasteiger partial charge in [0.05, 0.1) is 26.0 Å². The van der Waals surface area contributed by atoms with Crippen molar-refractivity contribution in [3.8, 4) is 11.5 Å². The summed E-state index contributed by atoms with van der Waals surface area (Å²) in [5.41, 5.74) is 2.24. The first kappa shape index (κ1) is 17.3. The van der Waals surface area contributed by atoms with Gasteiger partial charge in [-0.15, -0.1) is 0 Å². The SMILES string of the molecule is COc1ccc(OC)c([C@@H](C)NCc2cnn(C(C)(C)C)c2)c1. The van der Waals surface area contributed by atoms with Crippen molar-refractivity contribution in [2.24, 2.45) is 0 Å². The maximum atomic E-state index is 5.45. The fourth-order valence-corrected chi connectivity index (χ4v) is 2.38. The summed E-state index contributed by atoms with van der Waals surface area (Å²) in [6.07, 6.45) is 4.00. The van der Waals surface area contributed by atoms with Crippen LogP contribution in [0.2, 0.25) is 0 Å². The van der Waals surface area contributed by atoms with Gasteiger partial charge in [0, 0.05) is 29.9 Å². The maximum absolute atomic E-state index is 5.45. The molecule has 0 saturated carbocycles. The summed E-state index contributed by atoms with van der Waals surface area (Å²) in [7, 11) is 3.36. The van der Waals surface area contributed by atoms with Crippen LogP contribution in [0.1, 0.15) is 44.9 Å². The van der Waals surface area contributed by atoms with E-state index in [1.165, 1.54) is 0 Å². The summed E-state index contributed by atoms with van der Waals surface area (Å²) in [4.78, 5) is 0. The van der Waals surface area contributed by atoms with Crippen molar-refractivity contribution in [1.29, 1.82) is 0 Å². The standard InChI is InChI=1S/C18H27N3O2/c1-13(16-9-15(22-5)7-8-17(16)23-6)19-10-14-11-20-21(12-14)18(2,3)4/h7-9,11-13,19H,10H2,1-6H3/t13-/m1/s1. The Labute approximate surface area is 138 Å². The molecule has 0 unspecified atom stereocenters. The summed E-state index contributed by atoms with van der Waals surface area (Å²) in [6, 6.07) is 5.99. The van der Waals surface area contributed by atoms with E-state index in [0.717, 1.165) is 29.2 Å². The minimum Gasteiger partial charge on any atom is -0.497 e. The highest BCUT2D eigenvalue weighted by Gasteiger charge is 2.15. The molecule has 1 aromatic heterocycles.